The monoisotopic (exact) mass is 388 g/mol. The van der Waals surface area contributed by atoms with Gasteiger partial charge in [0.15, 0.2) is 6.61 Å². The first-order chi connectivity index (χ1) is 14.1. The maximum Gasteiger partial charge on any atom is 0.262 e. The molecule has 0 aliphatic heterocycles. The molecule has 0 unspecified atom stereocenters. The minimum atomic E-state index is -0.251. The predicted molar refractivity (Wildman–Crippen MR) is 111 cm³/mol. The number of carbonyl (C=O) groups excluding carboxylic acids is 1. The number of anilines is 1. The topological polar surface area (TPSA) is 78.3 Å². The van der Waals surface area contributed by atoms with Crippen LogP contribution in [0.3, 0.4) is 0 Å². The Morgan fingerprint density at radius 1 is 0.966 bits per heavy atom. The van der Waals surface area contributed by atoms with Gasteiger partial charge < -0.3 is 14.8 Å². The van der Waals surface area contributed by atoms with Crippen molar-refractivity contribution < 1.29 is 14.3 Å². The minimum absolute atomic E-state index is 0.0967. The van der Waals surface area contributed by atoms with Crippen LogP contribution in [0.15, 0.2) is 66.7 Å². The number of aryl methyl sites for hydroxylation is 1. The van der Waals surface area contributed by atoms with Gasteiger partial charge in [-0.1, -0.05) is 18.2 Å². The van der Waals surface area contributed by atoms with Gasteiger partial charge in [0.2, 0.25) is 0 Å². The van der Waals surface area contributed by atoms with Crippen LogP contribution in [0.4, 0.5) is 5.69 Å². The molecule has 0 saturated heterocycles. The highest BCUT2D eigenvalue weighted by Crippen LogP contribution is 2.22. The lowest BCUT2D eigenvalue weighted by atomic mass is 10.1. The van der Waals surface area contributed by atoms with Crippen LogP contribution in [0.5, 0.6) is 11.5 Å². The molecule has 0 aliphatic rings. The Kier molecular flexibility index (Phi) is 5.11. The summed E-state index contributed by atoms with van der Waals surface area (Å²) >= 11 is 0. The molecule has 4 aromatic rings. The van der Waals surface area contributed by atoms with Gasteiger partial charge in [-0.05, 0) is 61.0 Å². The Bertz CT molecular complexity index is 1140. The molecular weight excluding hydrogens is 368 g/mol. The van der Waals surface area contributed by atoms with Crippen molar-refractivity contribution in [1.29, 1.82) is 0 Å². The number of carbonyl (C=O) groups is 1. The largest absolute Gasteiger partial charge is 0.497 e. The van der Waals surface area contributed by atoms with E-state index in [1.165, 1.54) is 0 Å². The summed E-state index contributed by atoms with van der Waals surface area (Å²) in [6.45, 7) is 1.82. The van der Waals surface area contributed by atoms with Crippen molar-refractivity contribution in [3.8, 4) is 17.2 Å². The number of rotatable bonds is 6. The Morgan fingerprint density at radius 3 is 2.31 bits per heavy atom. The average molecular weight is 388 g/mol. The minimum Gasteiger partial charge on any atom is -0.497 e. The zero-order valence-corrected chi connectivity index (χ0v) is 16.1. The molecule has 7 nitrogen and oxygen atoms in total. The van der Waals surface area contributed by atoms with E-state index >= 15 is 0 Å². The van der Waals surface area contributed by atoms with Gasteiger partial charge >= 0.3 is 0 Å². The third kappa shape index (κ3) is 4.19. The second-order valence-electron chi connectivity index (χ2n) is 6.49. The van der Waals surface area contributed by atoms with Gasteiger partial charge in [0.1, 0.15) is 22.5 Å². The van der Waals surface area contributed by atoms with Crippen LogP contribution in [-0.4, -0.2) is 34.6 Å². The van der Waals surface area contributed by atoms with Gasteiger partial charge in [-0.15, -0.1) is 10.2 Å². The van der Waals surface area contributed by atoms with Crippen molar-refractivity contribution in [3.63, 3.8) is 0 Å². The zero-order valence-electron chi connectivity index (χ0n) is 16.1. The highest BCUT2D eigenvalue weighted by atomic mass is 16.5. The highest BCUT2D eigenvalue weighted by molar-refractivity contribution is 5.95. The number of methoxy groups -OCH3 is 1. The van der Waals surface area contributed by atoms with E-state index in [2.05, 4.69) is 15.5 Å². The number of hydrogen-bond donors (Lipinski definition) is 1. The molecule has 0 radical (unpaired) electrons. The number of aromatic nitrogens is 3. The van der Waals surface area contributed by atoms with Crippen molar-refractivity contribution in [2.45, 2.75) is 6.92 Å². The van der Waals surface area contributed by atoms with Crippen molar-refractivity contribution in [2.75, 3.05) is 19.0 Å². The Labute approximate surface area is 167 Å². The molecule has 3 aromatic carbocycles. The highest BCUT2D eigenvalue weighted by Gasteiger charge is 2.11. The van der Waals surface area contributed by atoms with Gasteiger partial charge in [0, 0.05) is 5.69 Å². The number of nitrogens with zero attached hydrogens (tertiary/aromatic N) is 3. The van der Waals surface area contributed by atoms with Crippen LogP contribution in [0, 0.1) is 6.92 Å². The third-order valence-electron chi connectivity index (χ3n) is 4.42. The van der Waals surface area contributed by atoms with E-state index in [4.69, 9.17) is 9.47 Å². The fourth-order valence-corrected chi connectivity index (χ4v) is 2.89. The summed E-state index contributed by atoms with van der Waals surface area (Å²) in [6.07, 6.45) is 0. The molecule has 1 aromatic heterocycles. The molecule has 1 heterocycles. The lowest BCUT2D eigenvalue weighted by molar-refractivity contribution is -0.118. The van der Waals surface area contributed by atoms with E-state index in [1.54, 1.807) is 36.2 Å². The number of ether oxygens (including phenoxy) is 2. The normalized spacial score (nSPS) is 10.7. The summed E-state index contributed by atoms with van der Waals surface area (Å²) in [5, 5.41) is 11.9. The van der Waals surface area contributed by atoms with Crippen LogP contribution in [0.2, 0.25) is 0 Å². The molecule has 4 rings (SSSR count). The summed E-state index contributed by atoms with van der Waals surface area (Å²) < 4.78 is 10.6. The van der Waals surface area contributed by atoms with Crippen LogP contribution in [-0.2, 0) is 4.79 Å². The number of para-hydroxylation sites is 1. The number of benzene rings is 3. The SMILES string of the molecule is COc1ccc(OCC(=O)Nc2cc3nn(-c4ccccc4)nc3cc2C)cc1. The molecule has 1 amide bonds. The summed E-state index contributed by atoms with van der Waals surface area (Å²) in [5.74, 6) is 1.08. The standard InChI is InChI=1S/C22H20N4O3/c1-15-12-20-21(25-26(24-20)16-6-4-3-5-7-16)13-19(15)23-22(27)14-29-18-10-8-17(28-2)9-11-18/h3-13H,14H2,1-2H3,(H,23,27). The van der Waals surface area contributed by atoms with Gasteiger partial charge in [-0.25, -0.2) is 0 Å². The van der Waals surface area contributed by atoms with E-state index in [0.717, 1.165) is 22.5 Å². The van der Waals surface area contributed by atoms with E-state index < -0.39 is 0 Å². The molecule has 1 N–H and O–H groups in total. The summed E-state index contributed by atoms with van der Waals surface area (Å²) in [6, 6.07) is 20.5. The van der Waals surface area contributed by atoms with E-state index in [9.17, 15) is 4.79 Å². The first-order valence-corrected chi connectivity index (χ1v) is 9.12. The van der Waals surface area contributed by atoms with Crippen molar-refractivity contribution in [1.82, 2.24) is 15.0 Å². The second kappa shape index (κ2) is 8.02. The van der Waals surface area contributed by atoms with Crippen LogP contribution in [0.1, 0.15) is 5.56 Å². The lowest BCUT2D eigenvalue weighted by Gasteiger charge is -2.10. The van der Waals surface area contributed by atoms with Gasteiger partial charge in [-0.2, -0.15) is 4.80 Å². The Hall–Kier alpha value is -3.87. The Morgan fingerprint density at radius 2 is 1.62 bits per heavy atom. The van der Waals surface area contributed by atoms with Crippen LogP contribution < -0.4 is 14.8 Å². The second-order valence-corrected chi connectivity index (χ2v) is 6.49. The smallest absolute Gasteiger partial charge is 0.262 e. The summed E-state index contributed by atoms with van der Waals surface area (Å²) in [5.41, 5.74) is 3.92. The lowest BCUT2D eigenvalue weighted by Crippen LogP contribution is -2.20. The molecular formula is C22H20N4O3. The molecule has 29 heavy (non-hydrogen) atoms. The molecule has 0 bridgehead atoms. The quantitative estimate of drug-likeness (QED) is 0.544. The molecule has 0 atom stereocenters. The van der Waals surface area contributed by atoms with Crippen molar-refractivity contribution in [3.05, 3.63) is 72.3 Å². The van der Waals surface area contributed by atoms with Crippen LogP contribution >= 0.6 is 0 Å². The summed E-state index contributed by atoms with van der Waals surface area (Å²) in [7, 11) is 1.60. The van der Waals surface area contributed by atoms with Crippen molar-refractivity contribution >= 4 is 22.6 Å². The number of amides is 1. The van der Waals surface area contributed by atoms with E-state index in [-0.39, 0.29) is 12.5 Å². The zero-order chi connectivity index (χ0) is 20.2. The van der Waals surface area contributed by atoms with Gasteiger partial charge in [0.05, 0.1) is 12.8 Å². The molecule has 0 fully saturated rings. The molecule has 146 valence electrons. The molecule has 7 heteroatoms. The van der Waals surface area contributed by atoms with E-state index in [0.29, 0.717) is 17.0 Å². The van der Waals surface area contributed by atoms with Crippen molar-refractivity contribution in [2.24, 2.45) is 0 Å². The fraction of sp³-hybridized carbons (Fsp3) is 0.136. The van der Waals surface area contributed by atoms with Gasteiger partial charge in [-0.3, -0.25) is 4.79 Å². The molecule has 0 aliphatic carbocycles. The maximum absolute atomic E-state index is 12.3. The summed E-state index contributed by atoms with van der Waals surface area (Å²) in [4.78, 5) is 13.9. The van der Waals surface area contributed by atoms with E-state index in [1.807, 2.05) is 49.4 Å². The number of nitrogens with one attached hydrogen (secondary N) is 1. The first kappa shape index (κ1) is 18.5. The fourth-order valence-electron chi connectivity index (χ4n) is 2.89. The third-order valence-corrected chi connectivity index (χ3v) is 4.42. The molecule has 0 saturated carbocycles. The average Bonchev–Trinajstić information content (AvgIpc) is 3.16. The number of hydrogen-bond acceptors (Lipinski definition) is 5. The maximum atomic E-state index is 12.3. The Balaban J connectivity index is 1.46. The predicted octanol–water partition coefficient (Wildman–Crippen LogP) is 3.76. The number of fused-ring (bicyclic) bond motifs is 1. The van der Waals surface area contributed by atoms with Gasteiger partial charge in [0.25, 0.3) is 5.91 Å². The van der Waals surface area contributed by atoms with Crippen LogP contribution in [0.25, 0.3) is 16.7 Å². The first-order valence-electron chi connectivity index (χ1n) is 9.12. The molecule has 0 spiro atoms.